The van der Waals surface area contributed by atoms with Gasteiger partial charge in [0.15, 0.2) is 0 Å². The molecule has 0 spiro atoms. The molecule has 3 N–H and O–H groups in total. The number of hydrogen-bond acceptors (Lipinski definition) is 3. The van der Waals surface area contributed by atoms with E-state index in [1.54, 1.807) is 24.3 Å². The number of anilines is 2. The van der Waals surface area contributed by atoms with Gasteiger partial charge in [0.25, 0.3) is 0 Å². The van der Waals surface area contributed by atoms with Crippen LogP contribution in [0.15, 0.2) is 42.5 Å². The summed E-state index contributed by atoms with van der Waals surface area (Å²) < 4.78 is 5.71. The van der Waals surface area contributed by atoms with E-state index in [0.717, 1.165) is 17.0 Å². The van der Waals surface area contributed by atoms with E-state index in [1.165, 1.54) is 5.56 Å². The number of nitrogen functional groups attached to an aromatic ring is 1. The maximum absolute atomic E-state index is 11.8. The van der Waals surface area contributed by atoms with E-state index in [9.17, 15) is 4.79 Å². The molecule has 0 saturated carbocycles. The van der Waals surface area contributed by atoms with Crippen molar-refractivity contribution < 1.29 is 9.53 Å². The minimum atomic E-state index is -0.0194. The molecule has 2 rings (SSSR count). The molecule has 2 aromatic rings. The third-order valence-electron chi connectivity index (χ3n) is 3.33. The smallest absolute Gasteiger partial charge is 0.224 e. The molecule has 0 aliphatic rings. The van der Waals surface area contributed by atoms with Crippen LogP contribution < -0.4 is 15.8 Å². The third-order valence-corrected chi connectivity index (χ3v) is 3.33. The molecule has 2 aromatic carbocycles. The summed E-state index contributed by atoms with van der Waals surface area (Å²) >= 11 is 0. The second-order valence-electron chi connectivity index (χ2n) is 5.39. The van der Waals surface area contributed by atoms with Gasteiger partial charge >= 0.3 is 0 Å². The predicted molar refractivity (Wildman–Crippen MR) is 90.1 cm³/mol. The molecule has 0 aliphatic carbocycles. The fourth-order valence-corrected chi connectivity index (χ4v) is 2.17. The van der Waals surface area contributed by atoms with Crippen molar-refractivity contribution >= 4 is 17.3 Å². The van der Waals surface area contributed by atoms with E-state index in [4.69, 9.17) is 10.5 Å². The van der Waals surface area contributed by atoms with E-state index < -0.39 is 0 Å². The Balaban J connectivity index is 1.72. The molecule has 0 atom stereocenters. The molecule has 1 amide bonds. The molecule has 0 heterocycles. The van der Waals surface area contributed by atoms with Gasteiger partial charge in [0, 0.05) is 17.8 Å². The molecular formula is C18H22N2O2. The van der Waals surface area contributed by atoms with Gasteiger partial charge in [-0.1, -0.05) is 17.7 Å². The Hall–Kier alpha value is -2.49. The van der Waals surface area contributed by atoms with Crippen LogP contribution in [0.2, 0.25) is 0 Å². The minimum Gasteiger partial charge on any atom is -0.493 e. The Kier molecular flexibility index (Phi) is 5.42. The second-order valence-corrected chi connectivity index (χ2v) is 5.39. The van der Waals surface area contributed by atoms with Crippen molar-refractivity contribution in [3.63, 3.8) is 0 Å². The summed E-state index contributed by atoms with van der Waals surface area (Å²) in [5.41, 5.74) is 9.37. The van der Waals surface area contributed by atoms with Crippen molar-refractivity contribution in [1.29, 1.82) is 0 Å². The molecular weight excluding hydrogens is 276 g/mol. The highest BCUT2D eigenvalue weighted by atomic mass is 16.5. The van der Waals surface area contributed by atoms with Crippen molar-refractivity contribution in [3.05, 3.63) is 53.6 Å². The fourth-order valence-electron chi connectivity index (χ4n) is 2.17. The van der Waals surface area contributed by atoms with Gasteiger partial charge in [0.05, 0.1) is 6.61 Å². The first-order valence-electron chi connectivity index (χ1n) is 7.40. The molecule has 0 fully saturated rings. The van der Waals surface area contributed by atoms with Crippen LogP contribution in [0.1, 0.15) is 24.0 Å². The highest BCUT2D eigenvalue weighted by Gasteiger charge is 2.04. The lowest BCUT2D eigenvalue weighted by Crippen LogP contribution is -2.12. The number of rotatable bonds is 6. The van der Waals surface area contributed by atoms with E-state index in [-0.39, 0.29) is 5.91 Å². The molecule has 0 unspecified atom stereocenters. The van der Waals surface area contributed by atoms with Gasteiger partial charge in [-0.25, -0.2) is 0 Å². The monoisotopic (exact) mass is 298 g/mol. The van der Waals surface area contributed by atoms with Crippen LogP contribution in [0, 0.1) is 13.8 Å². The Bertz CT molecular complexity index is 636. The van der Waals surface area contributed by atoms with Gasteiger partial charge in [-0.3, -0.25) is 4.79 Å². The lowest BCUT2D eigenvalue weighted by atomic mass is 10.1. The first-order chi connectivity index (χ1) is 10.5. The van der Waals surface area contributed by atoms with Crippen molar-refractivity contribution in [2.45, 2.75) is 26.7 Å². The molecule has 4 heteroatoms. The Morgan fingerprint density at radius 3 is 2.55 bits per heavy atom. The average molecular weight is 298 g/mol. The zero-order chi connectivity index (χ0) is 15.9. The Morgan fingerprint density at radius 1 is 1.14 bits per heavy atom. The molecule has 0 aromatic heterocycles. The van der Waals surface area contributed by atoms with Gasteiger partial charge in [-0.05, 0) is 56.2 Å². The van der Waals surface area contributed by atoms with Crippen molar-refractivity contribution in [2.75, 3.05) is 17.7 Å². The first kappa shape index (κ1) is 15.9. The van der Waals surface area contributed by atoms with Crippen LogP contribution in [0.3, 0.4) is 0 Å². The van der Waals surface area contributed by atoms with Gasteiger partial charge in [-0.15, -0.1) is 0 Å². The second kappa shape index (κ2) is 7.50. The number of amides is 1. The Morgan fingerprint density at radius 2 is 1.86 bits per heavy atom. The summed E-state index contributed by atoms with van der Waals surface area (Å²) in [6.07, 6.45) is 1.10. The van der Waals surface area contributed by atoms with E-state index in [2.05, 4.69) is 18.3 Å². The number of nitrogens with one attached hydrogen (secondary N) is 1. The van der Waals surface area contributed by atoms with E-state index in [0.29, 0.717) is 25.1 Å². The quantitative estimate of drug-likeness (QED) is 0.631. The van der Waals surface area contributed by atoms with Gasteiger partial charge in [-0.2, -0.15) is 0 Å². The summed E-state index contributed by atoms with van der Waals surface area (Å²) in [5, 5.41) is 2.84. The highest BCUT2D eigenvalue weighted by Crippen LogP contribution is 2.19. The van der Waals surface area contributed by atoms with Gasteiger partial charge in [0.1, 0.15) is 5.75 Å². The average Bonchev–Trinajstić information content (AvgIpc) is 2.48. The minimum absolute atomic E-state index is 0.0194. The number of benzene rings is 2. The van der Waals surface area contributed by atoms with Crippen LogP contribution in [0.5, 0.6) is 5.75 Å². The third kappa shape index (κ3) is 4.81. The van der Waals surface area contributed by atoms with Crippen LogP contribution >= 0.6 is 0 Å². The Labute approximate surface area is 131 Å². The number of hydrogen-bond donors (Lipinski definition) is 2. The van der Waals surface area contributed by atoms with E-state index in [1.807, 2.05) is 19.1 Å². The molecule has 0 bridgehead atoms. The topological polar surface area (TPSA) is 64.3 Å². The molecule has 0 saturated heterocycles. The number of nitrogens with two attached hydrogens (primary N) is 1. The predicted octanol–water partition coefficient (Wildman–Crippen LogP) is 3.68. The van der Waals surface area contributed by atoms with Crippen LogP contribution in [0.25, 0.3) is 0 Å². The number of carbonyl (C=O) groups excluding carboxylic acids is 1. The van der Waals surface area contributed by atoms with E-state index >= 15 is 0 Å². The summed E-state index contributed by atoms with van der Waals surface area (Å²) in [6, 6.07) is 13.2. The summed E-state index contributed by atoms with van der Waals surface area (Å²) in [4.78, 5) is 11.8. The molecule has 0 radical (unpaired) electrons. The molecule has 4 nitrogen and oxygen atoms in total. The lowest BCUT2D eigenvalue weighted by Gasteiger charge is -2.10. The number of ether oxygens (including phenoxy) is 1. The molecule has 116 valence electrons. The van der Waals surface area contributed by atoms with Gasteiger partial charge in [0.2, 0.25) is 5.91 Å². The SMILES string of the molecule is Cc1ccc(OCCCC(=O)Nc2ccc(N)cc2)c(C)c1. The maximum Gasteiger partial charge on any atom is 0.224 e. The zero-order valence-corrected chi connectivity index (χ0v) is 13.1. The van der Waals surface area contributed by atoms with Crippen molar-refractivity contribution in [1.82, 2.24) is 0 Å². The molecule has 0 aliphatic heterocycles. The fraction of sp³-hybridized carbons (Fsp3) is 0.278. The zero-order valence-electron chi connectivity index (χ0n) is 13.1. The van der Waals surface area contributed by atoms with Crippen LogP contribution in [-0.4, -0.2) is 12.5 Å². The summed E-state index contributed by atoms with van der Waals surface area (Å²) in [5.74, 6) is 0.860. The standard InChI is InChI=1S/C18H22N2O2/c1-13-5-10-17(14(2)12-13)22-11-3-4-18(21)20-16-8-6-15(19)7-9-16/h5-10,12H,3-4,11,19H2,1-2H3,(H,20,21). The van der Waals surface area contributed by atoms with Crippen molar-refractivity contribution in [3.8, 4) is 5.75 Å². The normalized spacial score (nSPS) is 10.3. The van der Waals surface area contributed by atoms with Crippen LogP contribution in [-0.2, 0) is 4.79 Å². The van der Waals surface area contributed by atoms with Crippen molar-refractivity contribution in [2.24, 2.45) is 0 Å². The summed E-state index contributed by atoms with van der Waals surface area (Å²) in [7, 11) is 0. The first-order valence-corrected chi connectivity index (χ1v) is 7.40. The number of carbonyl (C=O) groups is 1. The molecule has 22 heavy (non-hydrogen) atoms. The number of aryl methyl sites for hydroxylation is 2. The highest BCUT2D eigenvalue weighted by molar-refractivity contribution is 5.90. The largest absolute Gasteiger partial charge is 0.493 e. The van der Waals surface area contributed by atoms with Gasteiger partial charge < -0.3 is 15.8 Å². The maximum atomic E-state index is 11.8. The summed E-state index contributed by atoms with van der Waals surface area (Å²) in [6.45, 7) is 4.60. The van der Waals surface area contributed by atoms with Crippen LogP contribution in [0.4, 0.5) is 11.4 Å². The lowest BCUT2D eigenvalue weighted by molar-refractivity contribution is -0.116.